The van der Waals surface area contributed by atoms with Crippen LogP contribution in [-0.4, -0.2) is 13.7 Å². The first-order valence-electron chi connectivity index (χ1n) is 23.2. The van der Waals surface area contributed by atoms with Crippen molar-refractivity contribution in [3.05, 3.63) is 193 Å². The lowest BCUT2D eigenvalue weighted by atomic mass is 10.1. The molecule has 0 unspecified atom stereocenters. The number of halogens is 3. The summed E-state index contributed by atoms with van der Waals surface area (Å²) in [5.41, 5.74) is 7.45. The largest absolute Gasteiger partial charge is 0.301 e. The summed E-state index contributed by atoms with van der Waals surface area (Å²) in [6, 6.07) is 67.1. The minimum Gasteiger partial charge on any atom is -0.301 e. The van der Waals surface area contributed by atoms with E-state index in [4.69, 9.17) is 0 Å². The fraction of sp³-hybridized carbons (Fsp3) is 0. The van der Waals surface area contributed by atoms with Crippen molar-refractivity contribution in [1.29, 1.82) is 0 Å². The van der Waals surface area contributed by atoms with Gasteiger partial charge in [-0.25, -0.2) is 0 Å². The number of fused-ring (bicyclic) bond motifs is 21. The summed E-state index contributed by atoms with van der Waals surface area (Å²) < 4.78 is 19.2. The van der Waals surface area contributed by atoms with Crippen LogP contribution in [0.1, 0.15) is 0 Å². The van der Waals surface area contributed by atoms with Crippen LogP contribution in [0.4, 0.5) is 0 Å². The summed E-state index contributed by atoms with van der Waals surface area (Å²) in [5, 5.41) is 19.5. The van der Waals surface area contributed by atoms with E-state index in [1.54, 1.807) is 0 Å². The zero-order valence-corrected chi connectivity index (χ0v) is 46.9. The van der Waals surface area contributed by atoms with Gasteiger partial charge in [0.2, 0.25) is 0 Å². The molecule has 17 rings (SSSR count). The summed E-state index contributed by atoms with van der Waals surface area (Å²) >= 11 is 22.0. The Bertz CT molecular complexity index is 4260. The van der Waals surface area contributed by atoms with Crippen LogP contribution in [0.3, 0.4) is 0 Å². The Balaban J connectivity index is 0.000000208. The van der Waals surface area contributed by atoms with Crippen LogP contribution in [0.2, 0.25) is 0 Å². The number of hydrogen-bond acceptors (Lipinski definition) is 6. The first-order chi connectivity index (χ1) is 35.4. The smallest absolute Gasteiger partial charge is 0.101 e. The van der Waals surface area contributed by atoms with Gasteiger partial charge in [-0.05, 0) is 121 Å². The highest BCUT2D eigenvalue weighted by atomic mass is 79.9. The number of rotatable bonds is 3. The van der Waals surface area contributed by atoms with Crippen molar-refractivity contribution in [3.8, 4) is 15.0 Å². The summed E-state index contributed by atoms with van der Waals surface area (Å²) in [5.74, 6) is 0. The number of nitrogens with zero attached hydrogens (tertiary/aromatic N) is 3. The molecule has 0 N–H and O–H groups in total. The van der Waals surface area contributed by atoms with Gasteiger partial charge in [0.15, 0.2) is 0 Å². The molecule has 0 bridgehead atoms. The molecule has 9 aromatic heterocycles. The van der Waals surface area contributed by atoms with E-state index in [1.165, 1.54) is 152 Å². The van der Waals surface area contributed by atoms with Crippen LogP contribution < -0.4 is 0 Å². The van der Waals surface area contributed by atoms with Crippen LogP contribution in [0.5, 0.6) is 0 Å². The fourth-order valence-corrected chi connectivity index (χ4v) is 20.2. The van der Waals surface area contributed by atoms with Gasteiger partial charge < -0.3 is 13.7 Å². The second kappa shape index (κ2) is 16.2. The van der Waals surface area contributed by atoms with E-state index in [2.05, 4.69) is 243 Å². The lowest BCUT2D eigenvalue weighted by Crippen LogP contribution is -1.89. The van der Waals surface area contributed by atoms with Crippen molar-refractivity contribution >= 4 is 242 Å². The number of hydrogen-bond donors (Lipinski definition) is 0. The van der Waals surface area contributed by atoms with Gasteiger partial charge in [-0.2, -0.15) is 0 Å². The maximum absolute atomic E-state index is 3.61. The summed E-state index contributed by atoms with van der Waals surface area (Å²) in [6.45, 7) is 0. The van der Waals surface area contributed by atoms with Crippen molar-refractivity contribution < 1.29 is 0 Å². The Morgan fingerprint density at radius 3 is 0.653 bits per heavy atom. The minimum atomic E-state index is 1.19. The second-order valence-electron chi connectivity index (χ2n) is 18.0. The minimum absolute atomic E-state index is 1.19. The monoisotopic (exact) mass is 1220 g/mol. The fourth-order valence-electron chi connectivity index (χ4n) is 11.2. The van der Waals surface area contributed by atoms with Crippen LogP contribution in [-0.2, 0) is 0 Å². The molecule has 0 amide bonds. The molecule has 17 aromatic rings. The summed E-state index contributed by atoms with van der Waals surface area (Å²) in [4.78, 5) is 0. The highest BCUT2D eigenvalue weighted by molar-refractivity contribution is 9.11. The molecule has 0 aliphatic heterocycles. The molecule has 0 radical (unpaired) electrons. The molecule has 342 valence electrons. The normalized spacial score (nSPS) is 12.4. The van der Waals surface area contributed by atoms with Gasteiger partial charge in [-0.15, -0.1) is 68.0 Å². The topological polar surface area (TPSA) is 14.8 Å². The molecule has 0 fully saturated rings. The first-order valence-corrected chi connectivity index (χ1v) is 30.5. The third kappa shape index (κ3) is 6.19. The molecule has 0 aliphatic rings. The number of para-hydroxylation sites is 6. The molecule has 9 heterocycles. The summed E-state index contributed by atoms with van der Waals surface area (Å²) in [6.07, 6.45) is 0. The number of thiophene rings is 6. The molecule has 3 nitrogen and oxygen atoms in total. The van der Waals surface area contributed by atoms with Gasteiger partial charge in [0.1, 0.15) is 15.0 Å². The van der Waals surface area contributed by atoms with Gasteiger partial charge in [-0.3, -0.25) is 0 Å². The van der Waals surface area contributed by atoms with Crippen molar-refractivity contribution in [2.45, 2.75) is 0 Å². The Morgan fingerprint density at radius 2 is 0.417 bits per heavy atom. The maximum Gasteiger partial charge on any atom is 0.101 e. The molecule has 12 heteroatoms. The number of aromatic nitrogens is 3. The van der Waals surface area contributed by atoms with E-state index < -0.39 is 0 Å². The molecule has 0 saturated carbocycles. The highest BCUT2D eigenvalue weighted by Gasteiger charge is 2.24. The average Bonchev–Trinajstić information content (AvgIpc) is 4.27. The molecule has 8 aromatic carbocycles. The third-order valence-electron chi connectivity index (χ3n) is 14.1. The average molecular weight is 1230 g/mol. The Kier molecular flexibility index (Phi) is 9.62. The molecule has 0 aliphatic carbocycles. The van der Waals surface area contributed by atoms with Crippen molar-refractivity contribution in [2.75, 3.05) is 0 Å². The zero-order chi connectivity index (χ0) is 47.5. The van der Waals surface area contributed by atoms with Gasteiger partial charge >= 0.3 is 0 Å². The van der Waals surface area contributed by atoms with Gasteiger partial charge in [0, 0.05) is 92.8 Å². The lowest BCUT2D eigenvalue weighted by Gasteiger charge is -2.03. The van der Waals surface area contributed by atoms with E-state index in [9.17, 15) is 0 Å². The quantitative estimate of drug-likeness (QED) is 0.167. The van der Waals surface area contributed by atoms with Crippen molar-refractivity contribution in [1.82, 2.24) is 13.7 Å². The number of benzene rings is 8. The van der Waals surface area contributed by atoms with E-state index in [1.807, 2.05) is 68.0 Å². The molecular weight excluding hydrogens is 1190 g/mol. The SMILES string of the molecule is Brc1cc2c(s1)c1cc(Br)sc1c1cc(Br)sc21.c1ccc2c(c1)c1ccccc1n2-c1cc2c(s1)c1cc(-n3c4ccccc4c4ccccc43)sc1c1cc(-n3c4ccccc4c4ccccc43)sc21. The third-order valence-corrected chi connectivity index (χ3v) is 22.6. The predicted molar refractivity (Wildman–Crippen MR) is 331 cm³/mol. The standard InChI is InChI=1S/C48H27N3S3.C12H3Br3S3/c1-7-19-37-28(13-1)29-14-2-8-20-38(29)49(37)43-25-34-46(52-43)35-26-44(50-39-21-9-3-15-30(39)31-16-4-10-22-40(31)50)54-48(35)36-27-45(53-47(34)36)51-41-23-11-5-17-32(41)33-18-6-12-24-42(33)51;13-7-1-4-10(16-7)5-2-9(15)18-12(5)6-3-8(14)17-11(4)6/h1-27H;1-3H. The maximum atomic E-state index is 3.61. The molecular formula is C60H30Br3N3S6. The Labute approximate surface area is 459 Å². The second-order valence-corrected chi connectivity index (χ2v) is 28.4. The predicted octanol–water partition coefficient (Wildman–Crippen LogP) is 22.2. The van der Waals surface area contributed by atoms with Gasteiger partial charge in [0.25, 0.3) is 0 Å². The molecule has 72 heavy (non-hydrogen) atoms. The van der Waals surface area contributed by atoms with Crippen LogP contribution in [0.25, 0.3) is 141 Å². The summed E-state index contributed by atoms with van der Waals surface area (Å²) in [7, 11) is 0. The van der Waals surface area contributed by atoms with Crippen molar-refractivity contribution in [3.63, 3.8) is 0 Å². The van der Waals surface area contributed by atoms with E-state index >= 15 is 0 Å². The lowest BCUT2D eigenvalue weighted by molar-refractivity contribution is 1.22. The van der Waals surface area contributed by atoms with E-state index in [-0.39, 0.29) is 0 Å². The van der Waals surface area contributed by atoms with E-state index in [0.717, 1.165) is 0 Å². The Morgan fingerprint density at radius 1 is 0.222 bits per heavy atom. The molecule has 0 spiro atoms. The Hall–Kier alpha value is -5.64. The highest BCUT2D eigenvalue weighted by Crippen LogP contribution is 2.52. The van der Waals surface area contributed by atoms with E-state index in [0.29, 0.717) is 0 Å². The van der Waals surface area contributed by atoms with Crippen LogP contribution in [0, 0.1) is 0 Å². The van der Waals surface area contributed by atoms with Crippen molar-refractivity contribution in [2.24, 2.45) is 0 Å². The zero-order valence-electron chi connectivity index (χ0n) is 37.2. The van der Waals surface area contributed by atoms with Gasteiger partial charge in [0.05, 0.1) is 44.5 Å². The first kappa shape index (κ1) is 42.8. The van der Waals surface area contributed by atoms with Crippen LogP contribution >= 0.6 is 116 Å². The van der Waals surface area contributed by atoms with Gasteiger partial charge in [-0.1, -0.05) is 109 Å². The van der Waals surface area contributed by atoms with Crippen LogP contribution in [0.15, 0.2) is 193 Å². The molecule has 0 atom stereocenters. The molecule has 0 saturated heterocycles.